The largest absolute Gasteiger partial charge is 0.336 e. The van der Waals surface area contributed by atoms with Gasteiger partial charge in [-0.25, -0.2) is 23.1 Å². The third-order valence-corrected chi connectivity index (χ3v) is 8.73. The van der Waals surface area contributed by atoms with Gasteiger partial charge in [0, 0.05) is 36.3 Å². The molecule has 0 radical (unpaired) electrons. The zero-order valence-corrected chi connectivity index (χ0v) is 26.8. The van der Waals surface area contributed by atoms with Crippen molar-refractivity contribution in [3.8, 4) is 11.4 Å². The zero-order valence-electron chi connectivity index (χ0n) is 26.8. The maximum absolute atomic E-state index is 15.2. The third kappa shape index (κ3) is 5.84. The van der Waals surface area contributed by atoms with Crippen molar-refractivity contribution in [2.24, 2.45) is 10.9 Å². The van der Waals surface area contributed by atoms with Crippen molar-refractivity contribution < 1.29 is 22.8 Å². The molecule has 2 amide bonds. The molecule has 1 aromatic heterocycles. The first-order valence-corrected chi connectivity index (χ1v) is 15.9. The number of aromatic nitrogens is 2. The molecule has 2 aromatic carbocycles. The van der Waals surface area contributed by atoms with Crippen LogP contribution in [0.3, 0.4) is 0 Å². The van der Waals surface area contributed by atoms with Crippen LogP contribution in [0.15, 0.2) is 41.4 Å². The molecule has 0 saturated carbocycles. The molecule has 0 N–H and O–H groups in total. The Morgan fingerprint density at radius 2 is 1.80 bits per heavy atom. The average molecular weight is 623 g/mol. The van der Waals surface area contributed by atoms with E-state index in [0.29, 0.717) is 37.0 Å². The van der Waals surface area contributed by atoms with Gasteiger partial charge in [-0.05, 0) is 63.3 Å². The summed E-state index contributed by atoms with van der Waals surface area (Å²) in [6, 6.07) is 7.45. The summed E-state index contributed by atoms with van der Waals surface area (Å²) in [7, 11) is 0. The van der Waals surface area contributed by atoms with Crippen LogP contribution < -0.4 is 4.90 Å². The number of imidazole rings is 1. The minimum Gasteiger partial charge on any atom is -0.336 e. The maximum atomic E-state index is 15.2. The van der Waals surface area contributed by atoms with E-state index in [4.69, 9.17) is 9.98 Å². The van der Waals surface area contributed by atoms with Crippen LogP contribution in [0.1, 0.15) is 87.2 Å². The van der Waals surface area contributed by atoms with Crippen molar-refractivity contribution in [2.45, 2.75) is 79.4 Å². The molecule has 1 fully saturated rings. The second kappa shape index (κ2) is 13.1. The lowest BCUT2D eigenvalue weighted by Crippen LogP contribution is -2.50. The normalized spacial score (nSPS) is 19.3. The molecule has 2 unspecified atom stereocenters. The number of aliphatic imine (C=N–C) groups is 1. The monoisotopic (exact) mass is 622 g/mol. The zero-order chi connectivity index (χ0) is 32.6. The summed E-state index contributed by atoms with van der Waals surface area (Å²) in [4.78, 5) is 42.1. The molecule has 240 valence electrons. The Morgan fingerprint density at radius 3 is 2.47 bits per heavy atom. The number of carbonyl (C=O) groups excluding carboxylic acids is 2. The van der Waals surface area contributed by atoms with Crippen LogP contribution in [0.4, 0.5) is 19.0 Å². The van der Waals surface area contributed by atoms with E-state index in [2.05, 4.69) is 13.8 Å². The van der Waals surface area contributed by atoms with E-state index in [1.54, 1.807) is 14.4 Å². The first-order chi connectivity index (χ1) is 21.6. The standard InChI is InChI=1S/C32H35F3N6O2.C2H6/c1-5-38-31(43)27-29(41-17-26(18(2)3)36-32(38)41)40(16-21-9-11-22(33)15-25(21)35)28(37-27)20-10-12-24(34)23(14-20)30(42)39-13-7-6-8-19(39)4;1-2/h9-12,14-15,18-19,26H,5-8,13,16-17H2,1-4H3;1-2H3. The molecule has 8 nitrogen and oxygen atoms in total. The predicted octanol–water partition coefficient (Wildman–Crippen LogP) is 6.73. The number of anilines is 1. The molecule has 0 spiro atoms. The van der Waals surface area contributed by atoms with Crippen LogP contribution in [0, 0.1) is 23.4 Å². The number of fused-ring (bicyclic) bond motifs is 3. The number of guanidine groups is 1. The molecule has 45 heavy (non-hydrogen) atoms. The molecule has 3 aliphatic rings. The van der Waals surface area contributed by atoms with Gasteiger partial charge >= 0.3 is 0 Å². The van der Waals surface area contributed by atoms with E-state index in [1.165, 1.54) is 30.3 Å². The lowest BCUT2D eigenvalue weighted by atomic mass is 10.0. The number of nitrogens with zero attached hydrogens (tertiary/aromatic N) is 6. The predicted molar refractivity (Wildman–Crippen MR) is 169 cm³/mol. The topological polar surface area (TPSA) is 74.0 Å². The van der Waals surface area contributed by atoms with Gasteiger partial charge < -0.3 is 9.47 Å². The quantitative estimate of drug-likeness (QED) is 0.306. The van der Waals surface area contributed by atoms with Gasteiger partial charge in [-0.15, -0.1) is 0 Å². The first-order valence-electron chi connectivity index (χ1n) is 15.9. The first kappa shape index (κ1) is 32.2. The molecule has 6 rings (SSSR count). The molecule has 11 heteroatoms. The van der Waals surface area contributed by atoms with Crippen LogP contribution in [0.5, 0.6) is 0 Å². The van der Waals surface area contributed by atoms with Gasteiger partial charge in [0.15, 0.2) is 5.69 Å². The Bertz CT molecular complexity index is 1630. The molecule has 3 aromatic rings. The fraction of sp³-hybridized carbons (Fsp3) is 0.471. The third-order valence-electron chi connectivity index (χ3n) is 8.73. The molecule has 0 bridgehead atoms. The van der Waals surface area contributed by atoms with E-state index in [0.717, 1.165) is 25.3 Å². The second-order valence-electron chi connectivity index (χ2n) is 11.9. The number of halogens is 3. The number of hydrogen-bond donors (Lipinski definition) is 0. The Hall–Kier alpha value is -4.15. The maximum Gasteiger partial charge on any atom is 0.283 e. The van der Waals surface area contributed by atoms with E-state index in [9.17, 15) is 14.0 Å². The number of likely N-dealkylation sites (tertiary alicyclic amines) is 1. The highest BCUT2D eigenvalue weighted by Crippen LogP contribution is 2.38. The van der Waals surface area contributed by atoms with E-state index in [1.807, 2.05) is 32.6 Å². The van der Waals surface area contributed by atoms with Gasteiger partial charge in [0.05, 0.1) is 24.7 Å². The average Bonchev–Trinajstić information content (AvgIpc) is 3.63. The van der Waals surface area contributed by atoms with Crippen molar-refractivity contribution in [1.29, 1.82) is 0 Å². The summed E-state index contributed by atoms with van der Waals surface area (Å²) >= 11 is 0. The van der Waals surface area contributed by atoms with Crippen molar-refractivity contribution >= 4 is 23.6 Å². The number of carbonyl (C=O) groups is 2. The Kier molecular flexibility index (Phi) is 9.36. The van der Waals surface area contributed by atoms with Gasteiger partial charge in [0.2, 0.25) is 5.96 Å². The van der Waals surface area contributed by atoms with Crippen molar-refractivity contribution in [3.05, 3.63) is 70.7 Å². The van der Waals surface area contributed by atoms with Gasteiger partial charge in [-0.3, -0.25) is 19.4 Å². The Morgan fingerprint density at radius 1 is 1.04 bits per heavy atom. The van der Waals surface area contributed by atoms with Gasteiger partial charge in [0.1, 0.15) is 29.1 Å². The van der Waals surface area contributed by atoms with E-state index < -0.39 is 23.4 Å². The SMILES string of the molecule is CC.CCN1C(=O)c2nc(-c3ccc(F)c(C(=O)N4CCCCC4C)c3)n(Cc3ccc(F)cc3F)c2N2CC(C(C)C)N=C12. The number of piperidine rings is 1. The molecular weight excluding hydrogens is 581 g/mol. The minimum atomic E-state index is -0.741. The summed E-state index contributed by atoms with van der Waals surface area (Å²) in [6.45, 7) is 13.3. The van der Waals surface area contributed by atoms with Crippen molar-refractivity contribution in [2.75, 3.05) is 24.5 Å². The minimum absolute atomic E-state index is 0.0144. The second-order valence-corrected chi connectivity index (χ2v) is 11.9. The summed E-state index contributed by atoms with van der Waals surface area (Å²) in [6.07, 6.45) is 2.71. The Labute approximate surface area is 262 Å². The van der Waals surface area contributed by atoms with Crippen LogP contribution in [0.25, 0.3) is 11.4 Å². The summed E-state index contributed by atoms with van der Waals surface area (Å²) in [5, 5.41) is 0. The molecule has 0 aliphatic carbocycles. The molecular formula is C34H41F3N6O2. The summed E-state index contributed by atoms with van der Waals surface area (Å²) in [5.74, 6) is -1.44. The smallest absolute Gasteiger partial charge is 0.283 e. The molecule has 3 aliphatic heterocycles. The van der Waals surface area contributed by atoms with Crippen LogP contribution in [0.2, 0.25) is 0 Å². The van der Waals surface area contributed by atoms with Crippen molar-refractivity contribution in [3.63, 3.8) is 0 Å². The summed E-state index contributed by atoms with van der Waals surface area (Å²) < 4.78 is 45.7. The lowest BCUT2D eigenvalue weighted by Gasteiger charge is -2.34. The van der Waals surface area contributed by atoms with Crippen molar-refractivity contribution in [1.82, 2.24) is 19.4 Å². The van der Waals surface area contributed by atoms with Gasteiger partial charge in [-0.2, -0.15) is 0 Å². The summed E-state index contributed by atoms with van der Waals surface area (Å²) in [5.41, 5.74) is 0.660. The fourth-order valence-electron chi connectivity index (χ4n) is 6.22. The molecule has 4 heterocycles. The Balaban J connectivity index is 0.00000196. The highest BCUT2D eigenvalue weighted by atomic mass is 19.1. The lowest BCUT2D eigenvalue weighted by molar-refractivity contribution is 0.0630. The highest BCUT2D eigenvalue weighted by molar-refractivity contribution is 6.18. The van der Waals surface area contributed by atoms with E-state index >= 15 is 8.78 Å². The van der Waals surface area contributed by atoms with Crippen LogP contribution in [-0.4, -0.2) is 68.8 Å². The number of rotatable bonds is 6. The number of amides is 2. The highest BCUT2D eigenvalue weighted by Gasteiger charge is 2.44. The van der Waals surface area contributed by atoms with Crippen LogP contribution in [-0.2, 0) is 6.54 Å². The van der Waals surface area contributed by atoms with Gasteiger partial charge in [-0.1, -0.05) is 33.8 Å². The fourth-order valence-corrected chi connectivity index (χ4v) is 6.22. The molecule has 1 saturated heterocycles. The van der Waals surface area contributed by atoms with Gasteiger partial charge in [0.25, 0.3) is 11.8 Å². The number of benzene rings is 2. The molecule has 2 atom stereocenters. The number of hydrogen-bond acceptors (Lipinski definition) is 5. The van der Waals surface area contributed by atoms with E-state index in [-0.39, 0.29) is 53.1 Å². The van der Waals surface area contributed by atoms with Crippen LogP contribution >= 0.6 is 0 Å².